The number of nitrogens with one attached hydrogen (secondary N) is 1. The molecule has 1 unspecified atom stereocenters. The topological polar surface area (TPSA) is 74.0 Å². The van der Waals surface area contributed by atoms with Crippen LogP contribution in [0.3, 0.4) is 0 Å². The molecule has 1 saturated heterocycles. The van der Waals surface area contributed by atoms with E-state index in [1.807, 2.05) is 13.1 Å². The number of carbonyl (C=O) groups excluding carboxylic acids is 1. The number of hydrogen-bond donors (Lipinski definition) is 2. The standard InChI is InChI=1S/C19H31N5O/c1-21-19(24-13-6-8-16(15-24)14-18(20)25)22-11-7-12-23(2)17-9-4-3-5-10-17/h3-5,9-10,16H,6-8,11-15H2,1-2H3,(H2,20,25)(H,21,22). The van der Waals surface area contributed by atoms with E-state index in [-0.39, 0.29) is 5.91 Å². The number of hydrogen-bond acceptors (Lipinski definition) is 3. The second-order valence-electron chi connectivity index (χ2n) is 6.71. The van der Waals surface area contributed by atoms with Crippen molar-refractivity contribution in [3.05, 3.63) is 30.3 Å². The number of para-hydroxylation sites is 1. The molecule has 1 amide bonds. The smallest absolute Gasteiger partial charge is 0.217 e. The zero-order chi connectivity index (χ0) is 18.1. The van der Waals surface area contributed by atoms with Gasteiger partial charge in [-0.1, -0.05) is 18.2 Å². The van der Waals surface area contributed by atoms with E-state index in [1.165, 1.54) is 5.69 Å². The van der Waals surface area contributed by atoms with Crippen LogP contribution in [-0.4, -0.2) is 57.0 Å². The third-order valence-corrected chi connectivity index (χ3v) is 4.67. The number of amides is 1. The molecule has 0 radical (unpaired) electrons. The molecule has 25 heavy (non-hydrogen) atoms. The van der Waals surface area contributed by atoms with Crippen LogP contribution in [0.2, 0.25) is 0 Å². The van der Waals surface area contributed by atoms with E-state index in [1.54, 1.807) is 0 Å². The Morgan fingerprint density at radius 2 is 2.16 bits per heavy atom. The Bertz CT molecular complexity index is 560. The highest BCUT2D eigenvalue weighted by molar-refractivity contribution is 5.80. The lowest BCUT2D eigenvalue weighted by Gasteiger charge is -2.34. The highest BCUT2D eigenvalue weighted by atomic mass is 16.1. The summed E-state index contributed by atoms with van der Waals surface area (Å²) in [7, 11) is 3.93. The summed E-state index contributed by atoms with van der Waals surface area (Å²) in [5.41, 5.74) is 6.58. The summed E-state index contributed by atoms with van der Waals surface area (Å²) in [6.45, 7) is 3.70. The van der Waals surface area contributed by atoms with Crippen molar-refractivity contribution in [2.45, 2.75) is 25.7 Å². The van der Waals surface area contributed by atoms with Gasteiger partial charge in [0, 0.05) is 52.4 Å². The number of rotatable bonds is 7. The second-order valence-corrected chi connectivity index (χ2v) is 6.71. The number of aliphatic imine (C=N–C) groups is 1. The molecule has 1 atom stereocenters. The Morgan fingerprint density at radius 1 is 1.40 bits per heavy atom. The number of guanidine groups is 1. The van der Waals surface area contributed by atoms with Crippen LogP contribution >= 0.6 is 0 Å². The van der Waals surface area contributed by atoms with E-state index in [2.05, 4.69) is 51.4 Å². The monoisotopic (exact) mass is 345 g/mol. The Morgan fingerprint density at radius 3 is 2.84 bits per heavy atom. The number of likely N-dealkylation sites (tertiary alicyclic amines) is 1. The number of anilines is 1. The van der Waals surface area contributed by atoms with E-state index < -0.39 is 0 Å². The Hall–Kier alpha value is -2.24. The van der Waals surface area contributed by atoms with Gasteiger partial charge >= 0.3 is 0 Å². The maximum atomic E-state index is 11.2. The van der Waals surface area contributed by atoms with Crippen molar-refractivity contribution >= 4 is 17.6 Å². The van der Waals surface area contributed by atoms with Crippen molar-refractivity contribution in [2.24, 2.45) is 16.6 Å². The predicted molar refractivity (Wildman–Crippen MR) is 104 cm³/mol. The molecule has 6 nitrogen and oxygen atoms in total. The van der Waals surface area contributed by atoms with Crippen LogP contribution in [0, 0.1) is 5.92 Å². The highest BCUT2D eigenvalue weighted by Crippen LogP contribution is 2.19. The molecule has 2 rings (SSSR count). The maximum Gasteiger partial charge on any atom is 0.217 e. The van der Waals surface area contributed by atoms with Crippen LogP contribution in [0.5, 0.6) is 0 Å². The normalized spacial score (nSPS) is 18.1. The van der Waals surface area contributed by atoms with Crippen molar-refractivity contribution in [2.75, 3.05) is 45.2 Å². The van der Waals surface area contributed by atoms with Gasteiger partial charge < -0.3 is 20.9 Å². The van der Waals surface area contributed by atoms with Crippen LogP contribution in [0.4, 0.5) is 5.69 Å². The van der Waals surface area contributed by atoms with Gasteiger partial charge in [-0.05, 0) is 37.3 Å². The molecule has 138 valence electrons. The molecular weight excluding hydrogens is 314 g/mol. The molecular formula is C19H31N5O. The minimum Gasteiger partial charge on any atom is -0.375 e. The van der Waals surface area contributed by atoms with Crippen LogP contribution in [0.1, 0.15) is 25.7 Å². The molecule has 1 aliphatic heterocycles. The van der Waals surface area contributed by atoms with E-state index >= 15 is 0 Å². The van der Waals surface area contributed by atoms with Crippen molar-refractivity contribution in [1.29, 1.82) is 0 Å². The molecule has 0 saturated carbocycles. The fraction of sp³-hybridized carbons (Fsp3) is 0.579. The van der Waals surface area contributed by atoms with Gasteiger partial charge in [-0.15, -0.1) is 0 Å². The average Bonchev–Trinajstić information content (AvgIpc) is 2.62. The SMILES string of the molecule is CN=C(NCCCN(C)c1ccccc1)N1CCCC(CC(N)=O)C1. The van der Waals surface area contributed by atoms with Gasteiger partial charge in [0.1, 0.15) is 0 Å². The van der Waals surface area contributed by atoms with E-state index in [0.29, 0.717) is 12.3 Å². The quantitative estimate of drug-likeness (QED) is 0.448. The molecule has 1 heterocycles. The Balaban J connectivity index is 1.74. The maximum absolute atomic E-state index is 11.2. The third-order valence-electron chi connectivity index (χ3n) is 4.67. The molecule has 3 N–H and O–H groups in total. The molecule has 1 fully saturated rings. The number of benzene rings is 1. The summed E-state index contributed by atoms with van der Waals surface area (Å²) in [4.78, 5) is 20.1. The molecule has 0 bridgehead atoms. The second kappa shape index (κ2) is 9.91. The van der Waals surface area contributed by atoms with Crippen LogP contribution in [-0.2, 0) is 4.79 Å². The molecule has 1 aromatic rings. The zero-order valence-electron chi connectivity index (χ0n) is 15.4. The molecule has 0 aromatic heterocycles. The van der Waals surface area contributed by atoms with Crippen LogP contribution < -0.4 is 16.0 Å². The fourth-order valence-electron chi connectivity index (χ4n) is 3.37. The number of carbonyl (C=O) groups is 1. The average molecular weight is 345 g/mol. The molecule has 0 spiro atoms. The number of nitrogens with two attached hydrogens (primary N) is 1. The summed E-state index contributed by atoms with van der Waals surface area (Å²) in [6, 6.07) is 10.4. The summed E-state index contributed by atoms with van der Waals surface area (Å²) < 4.78 is 0. The first-order valence-corrected chi connectivity index (χ1v) is 9.10. The largest absolute Gasteiger partial charge is 0.375 e. The van der Waals surface area contributed by atoms with Gasteiger partial charge in [0.25, 0.3) is 0 Å². The lowest BCUT2D eigenvalue weighted by Crippen LogP contribution is -2.47. The first kappa shape index (κ1) is 19.1. The lowest BCUT2D eigenvalue weighted by atomic mass is 9.95. The van der Waals surface area contributed by atoms with Gasteiger partial charge in [-0.25, -0.2) is 0 Å². The lowest BCUT2D eigenvalue weighted by molar-refractivity contribution is -0.119. The van der Waals surface area contributed by atoms with Crippen LogP contribution in [0.25, 0.3) is 0 Å². The van der Waals surface area contributed by atoms with Crippen LogP contribution in [0.15, 0.2) is 35.3 Å². The summed E-state index contributed by atoms with van der Waals surface area (Å²) in [5.74, 6) is 1.06. The van der Waals surface area contributed by atoms with Gasteiger partial charge in [-0.3, -0.25) is 9.79 Å². The molecule has 1 aliphatic rings. The number of primary amides is 1. The van der Waals surface area contributed by atoms with Crippen molar-refractivity contribution in [3.63, 3.8) is 0 Å². The highest BCUT2D eigenvalue weighted by Gasteiger charge is 2.23. The predicted octanol–water partition coefficient (Wildman–Crippen LogP) is 1.68. The van der Waals surface area contributed by atoms with Gasteiger partial charge in [0.15, 0.2) is 5.96 Å². The molecule has 6 heteroatoms. The van der Waals surface area contributed by atoms with Gasteiger partial charge in [0.05, 0.1) is 0 Å². The minimum atomic E-state index is -0.209. The summed E-state index contributed by atoms with van der Waals surface area (Å²) >= 11 is 0. The first-order valence-electron chi connectivity index (χ1n) is 9.10. The van der Waals surface area contributed by atoms with Crippen molar-refractivity contribution in [3.8, 4) is 0 Å². The Kier molecular flexibility index (Phi) is 7.57. The molecule has 1 aromatic carbocycles. The molecule has 0 aliphatic carbocycles. The minimum absolute atomic E-state index is 0.209. The third kappa shape index (κ3) is 6.29. The zero-order valence-corrected chi connectivity index (χ0v) is 15.4. The van der Waals surface area contributed by atoms with Crippen molar-refractivity contribution in [1.82, 2.24) is 10.2 Å². The summed E-state index contributed by atoms with van der Waals surface area (Å²) in [5, 5.41) is 3.45. The summed E-state index contributed by atoms with van der Waals surface area (Å²) in [6.07, 6.45) is 3.64. The number of nitrogens with zero attached hydrogens (tertiary/aromatic N) is 3. The van der Waals surface area contributed by atoms with E-state index in [4.69, 9.17) is 5.73 Å². The Labute approximate surface area is 151 Å². The fourth-order valence-corrected chi connectivity index (χ4v) is 3.37. The van der Waals surface area contributed by atoms with E-state index in [9.17, 15) is 4.79 Å². The first-order chi connectivity index (χ1) is 12.1. The van der Waals surface area contributed by atoms with Crippen molar-refractivity contribution < 1.29 is 4.79 Å². The van der Waals surface area contributed by atoms with Gasteiger partial charge in [0.2, 0.25) is 5.91 Å². The number of piperidine rings is 1. The van der Waals surface area contributed by atoms with E-state index in [0.717, 1.165) is 51.4 Å². The van der Waals surface area contributed by atoms with Gasteiger partial charge in [-0.2, -0.15) is 0 Å².